The van der Waals surface area contributed by atoms with Gasteiger partial charge in [0.05, 0.1) is 12.1 Å². The fourth-order valence-corrected chi connectivity index (χ4v) is 4.63. The number of rotatable bonds is 4. The summed E-state index contributed by atoms with van der Waals surface area (Å²) >= 11 is 0.802. The molecule has 0 amide bonds. The lowest BCUT2D eigenvalue weighted by Crippen LogP contribution is -2.22. The van der Waals surface area contributed by atoms with Crippen molar-refractivity contribution in [3.05, 3.63) is 111 Å². The van der Waals surface area contributed by atoms with Crippen LogP contribution in [0.2, 0.25) is 0 Å². The van der Waals surface area contributed by atoms with Gasteiger partial charge in [0.15, 0.2) is 11.3 Å². The molecular weight excluding hydrogens is 448 g/mol. The van der Waals surface area contributed by atoms with Crippen molar-refractivity contribution >= 4 is 33.6 Å². The molecule has 0 aliphatic rings. The monoisotopic (exact) mass is 463 g/mol. The van der Waals surface area contributed by atoms with Crippen molar-refractivity contribution in [2.45, 2.75) is 16.3 Å². The topological polar surface area (TPSA) is 72.4 Å². The number of aromatic nitrogens is 1. The first-order valence-electron chi connectivity index (χ1n) is 9.91. The van der Waals surface area contributed by atoms with Gasteiger partial charge in [-0.15, -0.1) is 0 Å². The number of para-hydroxylation sites is 1. The lowest BCUT2D eigenvalue weighted by molar-refractivity contribution is 0.446. The van der Waals surface area contributed by atoms with Gasteiger partial charge in [-0.05, 0) is 48.0 Å². The van der Waals surface area contributed by atoms with E-state index in [0.29, 0.717) is 21.4 Å². The summed E-state index contributed by atoms with van der Waals surface area (Å²) < 4.78 is 34.2. The molecule has 8 heteroatoms. The van der Waals surface area contributed by atoms with E-state index in [0.717, 1.165) is 11.8 Å². The Hall–Kier alpha value is -3.91. The summed E-state index contributed by atoms with van der Waals surface area (Å²) in [5.41, 5.74) is -0.477. The van der Waals surface area contributed by atoms with Crippen molar-refractivity contribution < 1.29 is 18.3 Å². The van der Waals surface area contributed by atoms with Gasteiger partial charge in [-0.25, -0.2) is 13.6 Å². The average molecular weight is 463 g/mol. The molecular formula is C25H15F2NO4S. The maximum absolute atomic E-state index is 13.7. The Labute approximate surface area is 189 Å². The molecule has 0 radical (unpaired) electrons. The summed E-state index contributed by atoms with van der Waals surface area (Å²) in [5, 5.41) is 11.3. The molecule has 1 N–H and O–H groups in total. The summed E-state index contributed by atoms with van der Waals surface area (Å²) in [6.45, 7) is 0.0397. The van der Waals surface area contributed by atoms with Crippen LogP contribution in [0.3, 0.4) is 0 Å². The van der Waals surface area contributed by atoms with E-state index in [-0.39, 0.29) is 22.4 Å². The number of hydrogen-bond acceptors (Lipinski definition) is 5. The van der Waals surface area contributed by atoms with Crippen molar-refractivity contribution in [3.63, 3.8) is 0 Å². The minimum atomic E-state index is -0.846. The van der Waals surface area contributed by atoms with E-state index in [1.54, 1.807) is 42.5 Å². The molecule has 33 heavy (non-hydrogen) atoms. The third kappa shape index (κ3) is 3.78. The van der Waals surface area contributed by atoms with E-state index >= 15 is 0 Å². The highest BCUT2D eigenvalue weighted by Crippen LogP contribution is 2.37. The van der Waals surface area contributed by atoms with Crippen LogP contribution in [-0.4, -0.2) is 9.67 Å². The molecule has 0 unspecified atom stereocenters. The van der Waals surface area contributed by atoms with Crippen LogP contribution in [0.1, 0.15) is 5.56 Å². The molecule has 0 bridgehead atoms. The lowest BCUT2D eigenvalue weighted by atomic mass is 10.1. The predicted molar refractivity (Wildman–Crippen MR) is 122 cm³/mol. The Morgan fingerprint density at radius 2 is 1.64 bits per heavy atom. The predicted octanol–water partition coefficient (Wildman–Crippen LogP) is 5.29. The number of aromatic hydroxyl groups is 1. The van der Waals surface area contributed by atoms with Crippen LogP contribution < -0.4 is 11.2 Å². The Kier molecular flexibility index (Phi) is 5.22. The van der Waals surface area contributed by atoms with E-state index in [4.69, 9.17) is 4.42 Å². The average Bonchev–Trinajstić information content (AvgIpc) is 2.79. The normalized spacial score (nSPS) is 11.3. The Bertz CT molecular complexity index is 1660. The van der Waals surface area contributed by atoms with Crippen molar-refractivity contribution in [3.8, 4) is 5.75 Å². The maximum atomic E-state index is 13.7. The molecule has 5 nitrogen and oxygen atoms in total. The van der Waals surface area contributed by atoms with Gasteiger partial charge in [0.1, 0.15) is 21.9 Å². The fourth-order valence-electron chi connectivity index (χ4n) is 3.75. The highest BCUT2D eigenvalue weighted by molar-refractivity contribution is 7.99. The minimum absolute atomic E-state index is 0.0397. The second kappa shape index (κ2) is 8.22. The van der Waals surface area contributed by atoms with Crippen molar-refractivity contribution in [2.75, 3.05) is 0 Å². The largest absolute Gasteiger partial charge is 0.505 e. The summed E-state index contributed by atoms with van der Waals surface area (Å²) in [7, 11) is 0. The zero-order valence-corrected chi connectivity index (χ0v) is 17.7. The second-order valence-electron chi connectivity index (χ2n) is 7.37. The first-order valence-corrected chi connectivity index (χ1v) is 10.7. The van der Waals surface area contributed by atoms with Gasteiger partial charge < -0.3 is 14.1 Å². The van der Waals surface area contributed by atoms with Crippen LogP contribution in [0, 0.1) is 11.6 Å². The zero-order chi connectivity index (χ0) is 23.1. The van der Waals surface area contributed by atoms with Gasteiger partial charge in [0, 0.05) is 10.3 Å². The Morgan fingerprint density at radius 1 is 0.909 bits per heavy atom. The quantitative estimate of drug-likeness (QED) is 0.367. The highest BCUT2D eigenvalue weighted by Gasteiger charge is 2.22. The van der Waals surface area contributed by atoms with E-state index in [9.17, 15) is 23.5 Å². The van der Waals surface area contributed by atoms with E-state index in [1.807, 2.05) is 0 Å². The highest BCUT2D eigenvalue weighted by atomic mass is 32.2. The molecule has 3 aromatic carbocycles. The number of nitrogens with zero attached hydrogens (tertiary/aromatic N) is 1. The van der Waals surface area contributed by atoms with Crippen LogP contribution in [0.4, 0.5) is 8.78 Å². The fraction of sp³-hybridized carbons (Fsp3) is 0.0400. The number of hydrogen-bond donors (Lipinski definition) is 1. The first kappa shape index (κ1) is 21.0. The molecule has 5 aromatic rings. The summed E-state index contributed by atoms with van der Waals surface area (Å²) in [6, 6.07) is 18.1. The van der Waals surface area contributed by atoms with Crippen molar-refractivity contribution in [1.29, 1.82) is 0 Å². The molecule has 5 rings (SSSR count). The van der Waals surface area contributed by atoms with E-state index < -0.39 is 28.6 Å². The molecule has 2 heterocycles. The molecule has 0 spiro atoms. The number of benzene rings is 3. The van der Waals surface area contributed by atoms with E-state index in [2.05, 4.69) is 0 Å². The molecule has 0 aliphatic carbocycles. The Morgan fingerprint density at radius 3 is 2.39 bits per heavy atom. The van der Waals surface area contributed by atoms with Gasteiger partial charge >= 0.3 is 5.63 Å². The third-order valence-corrected chi connectivity index (χ3v) is 6.26. The van der Waals surface area contributed by atoms with Gasteiger partial charge in [-0.1, -0.05) is 42.1 Å². The van der Waals surface area contributed by atoms with Crippen LogP contribution in [0.15, 0.2) is 96.6 Å². The molecule has 0 atom stereocenters. The molecule has 0 saturated carbocycles. The molecule has 2 aromatic heterocycles. The Balaban J connectivity index is 1.78. The number of halogens is 2. The maximum Gasteiger partial charge on any atom is 0.354 e. The van der Waals surface area contributed by atoms with Gasteiger partial charge in [0.2, 0.25) is 0 Å². The van der Waals surface area contributed by atoms with Gasteiger partial charge in [-0.3, -0.25) is 4.79 Å². The minimum Gasteiger partial charge on any atom is -0.505 e. The standard InChI is InChI=1S/C25H15F2NO4S/c26-15-6-3-5-14(11-15)13-28-19-10-2-1-9-18(19)22-20(24(28)30)21(29)23(25(31)32-22)33-17-8-4-7-16(27)12-17/h1-12,29H,13H2. The second-order valence-corrected chi connectivity index (χ2v) is 8.45. The number of fused-ring (bicyclic) bond motifs is 3. The van der Waals surface area contributed by atoms with Gasteiger partial charge in [0.25, 0.3) is 5.56 Å². The molecule has 0 aliphatic heterocycles. The SMILES string of the molecule is O=c1oc2c(c(O)c1Sc1cccc(F)c1)c(=O)n(Cc1cccc(F)c1)c1ccccc21. The van der Waals surface area contributed by atoms with Crippen molar-refractivity contribution in [1.82, 2.24) is 4.57 Å². The smallest absolute Gasteiger partial charge is 0.354 e. The lowest BCUT2D eigenvalue weighted by Gasteiger charge is -2.14. The summed E-state index contributed by atoms with van der Waals surface area (Å²) in [4.78, 5) is 26.4. The van der Waals surface area contributed by atoms with E-state index in [1.165, 1.54) is 34.9 Å². The summed E-state index contributed by atoms with van der Waals surface area (Å²) in [5.74, 6) is -1.49. The van der Waals surface area contributed by atoms with Crippen LogP contribution >= 0.6 is 11.8 Å². The van der Waals surface area contributed by atoms with Crippen LogP contribution in [0.25, 0.3) is 21.9 Å². The summed E-state index contributed by atoms with van der Waals surface area (Å²) in [6.07, 6.45) is 0. The first-order chi connectivity index (χ1) is 15.9. The van der Waals surface area contributed by atoms with Crippen LogP contribution in [-0.2, 0) is 6.54 Å². The molecule has 0 saturated heterocycles. The van der Waals surface area contributed by atoms with Crippen LogP contribution in [0.5, 0.6) is 5.75 Å². The van der Waals surface area contributed by atoms with Gasteiger partial charge in [-0.2, -0.15) is 0 Å². The number of pyridine rings is 1. The third-order valence-electron chi connectivity index (χ3n) is 5.20. The molecule has 0 fully saturated rings. The van der Waals surface area contributed by atoms with Crippen molar-refractivity contribution in [2.24, 2.45) is 0 Å². The zero-order valence-electron chi connectivity index (χ0n) is 16.9. The molecule has 164 valence electrons.